The highest BCUT2D eigenvalue weighted by molar-refractivity contribution is 6.33. The van der Waals surface area contributed by atoms with E-state index >= 15 is 0 Å². The summed E-state index contributed by atoms with van der Waals surface area (Å²) in [5, 5.41) is 3.21. The summed E-state index contributed by atoms with van der Waals surface area (Å²) in [6.07, 6.45) is 0. The number of halogens is 1. The third kappa shape index (κ3) is 4.03. The molecule has 1 aliphatic rings. The summed E-state index contributed by atoms with van der Waals surface area (Å²) in [5.74, 6) is 0.809. The predicted molar refractivity (Wildman–Crippen MR) is 93.9 cm³/mol. The number of carbonyl (C=O) groups is 2. The van der Waals surface area contributed by atoms with E-state index in [1.807, 2.05) is 12.1 Å². The predicted octanol–water partition coefficient (Wildman–Crippen LogP) is 2.74. The number of nitrogens with zero attached hydrogens (tertiary/aromatic N) is 1. The molecule has 0 spiro atoms. The molecule has 0 aliphatic carbocycles. The van der Waals surface area contributed by atoms with Crippen LogP contribution in [-0.2, 0) is 16.1 Å². The summed E-state index contributed by atoms with van der Waals surface area (Å²) < 4.78 is 10.6. The Kier molecular flexibility index (Phi) is 5.09. The zero-order valence-electron chi connectivity index (χ0n) is 13.6. The van der Waals surface area contributed by atoms with Crippen LogP contribution in [0.3, 0.4) is 0 Å². The number of nitrogens with one attached hydrogen (secondary N) is 1. The Morgan fingerprint density at radius 1 is 1.16 bits per heavy atom. The molecule has 0 radical (unpaired) electrons. The lowest BCUT2D eigenvalue weighted by molar-refractivity contribution is -0.123. The maximum atomic E-state index is 12.2. The summed E-state index contributed by atoms with van der Waals surface area (Å²) >= 11 is 6.12. The van der Waals surface area contributed by atoms with Crippen LogP contribution >= 0.6 is 11.6 Å². The molecule has 2 aromatic carbocycles. The van der Waals surface area contributed by atoms with Gasteiger partial charge in [-0.05, 0) is 29.8 Å². The number of amides is 2. The molecule has 3 rings (SSSR count). The van der Waals surface area contributed by atoms with Crippen molar-refractivity contribution in [1.82, 2.24) is 5.32 Å². The fraction of sp³-hybridized carbons (Fsp3) is 0.222. The first-order valence-electron chi connectivity index (χ1n) is 7.72. The van der Waals surface area contributed by atoms with Crippen LogP contribution in [0.4, 0.5) is 5.69 Å². The zero-order valence-corrected chi connectivity index (χ0v) is 14.4. The molecule has 0 saturated carbocycles. The summed E-state index contributed by atoms with van der Waals surface area (Å²) in [5.41, 5.74) is 1.39. The SMILES string of the molecule is CC(=O)N(CC(=O)NCc1ccc2c(c1)OCO2)c1ccccc1Cl. The highest BCUT2D eigenvalue weighted by atomic mass is 35.5. The Hall–Kier alpha value is -2.73. The lowest BCUT2D eigenvalue weighted by Gasteiger charge is -2.21. The largest absolute Gasteiger partial charge is 0.454 e. The Bertz CT molecular complexity index is 809. The summed E-state index contributed by atoms with van der Waals surface area (Å²) in [7, 11) is 0. The van der Waals surface area contributed by atoms with Gasteiger partial charge in [0.1, 0.15) is 6.54 Å². The Balaban J connectivity index is 1.62. The molecule has 6 nitrogen and oxygen atoms in total. The van der Waals surface area contributed by atoms with Crippen LogP contribution < -0.4 is 19.7 Å². The fourth-order valence-corrected chi connectivity index (χ4v) is 2.73. The summed E-state index contributed by atoms with van der Waals surface area (Å²) in [6.45, 7) is 1.82. The first kappa shape index (κ1) is 17.1. The lowest BCUT2D eigenvalue weighted by atomic mass is 10.2. The van der Waals surface area contributed by atoms with Crippen molar-refractivity contribution >= 4 is 29.1 Å². The van der Waals surface area contributed by atoms with E-state index in [0.717, 1.165) is 5.56 Å². The van der Waals surface area contributed by atoms with E-state index in [1.54, 1.807) is 30.3 Å². The van der Waals surface area contributed by atoms with Gasteiger partial charge in [-0.3, -0.25) is 9.59 Å². The third-order valence-electron chi connectivity index (χ3n) is 3.75. The van der Waals surface area contributed by atoms with Crippen molar-refractivity contribution in [2.24, 2.45) is 0 Å². The molecule has 0 fully saturated rings. The second-order valence-electron chi connectivity index (χ2n) is 5.52. The lowest BCUT2D eigenvalue weighted by Crippen LogP contribution is -2.39. The molecule has 0 unspecified atom stereocenters. The second kappa shape index (κ2) is 7.44. The van der Waals surface area contributed by atoms with E-state index < -0.39 is 0 Å². The van der Waals surface area contributed by atoms with Gasteiger partial charge in [0.2, 0.25) is 18.6 Å². The van der Waals surface area contributed by atoms with Gasteiger partial charge in [0.05, 0.1) is 10.7 Å². The van der Waals surface area contributed by atoms with Gasteiger partial charge in [-0.25, -0.2) is 0 Å². The number of fused-ring (bicyclic) bond motifs is 1. The minimum Gasteiger partial charge on any atom is -0.454 e. The first-order chi connectivity index (χ1) is 12.0. The minimum atomic E-state index is -0.284. The molecular formula is C18H17ClN2O4. The summed E-state index contributed by atoms with van der Waals surface area (Å²) in [4.78, 5) is 25.5. The number of para-hydroxylation sites is 1. The smallest absolute Gasteiger partial charge is 0.240 e. The maximum Gasteiger partial charge on any atom is 0.240 e. The average molecular weight is 361 g/mol. The van der Waals surface area contributed by atoms with E-state index in [1.165, 1.54) is 11.8 Å². The maximum absolute atomic E-state index is 12.2. The number of rotatable bonds is 5. The van der Waals surface area contributed by atoms with Crippen molar-refractivity contribution in [3.05, 3.63) is 53.1 Å². The van der Waals surface area contributed by atoms with Crippen molar-refractivity contribution in [3.63, 3.8) is 0 Å². The second-order valence-corrected chi connectivity index (χ2v) is 5.93. The van der Waals surface area contributed by atoms with Crippen LogP contribution in [0.2, 0.25) is 5.02 Å². The molecule has 0 bridgehead atoms. The highest BCUT2D eigenvalue weighted by Crippen LogP contribution is 2.32. The molecule has 0 atom stereocenters. The topological polar surface area (TPSA) is 67.9 Å². The molecule has 0 aromatic heterocycles. The van der Waals surface area contributed by atoms with E-state index in [-0.39, 0.29) is 25.2 Å². The number of hydrogen-bond donors (Lipinski definition) is 1. The van der Waals surface area contributed by atoms with Crippen LogP contribution in [0.15, 0.2) is 42.5 Å². The van der Waals surface area contributed by atoms with Crippen molar-refractivity contribution in [2.75, 3.05) is 18.2 Å². The van der Waals surface area contributed by atoms with Crippen LogP contribution in [0.5, 0.6) is 11.5 Å². The molecule has 1 heterocycles. The molecule has 7 heteroatoms. The number of anilines is 1. The van der Waals surface area contributed by atoms with Gasteiger partial charge < -0.3 is 19.7 Å². The molecule has 130 valence electrons. The number of hydrogen-bond acceptors (Lipinski definition) is 4. The molecule has 25 heavy (non-hydrogen) atoms. The van der Waals surface area contributed by atoms with Crippen LogP contribution in [0.25, 0.3) is 0 Å². The molecule has 0 saturated heterocycles. The Morgan fingerprint density at radius 2 is 1.92 bits per heavy atom. The Labute approximate surface area is 150 Å². The van der Waals surface area contributed by atoms with Gasteiger partial charge in [-0.15, -0.1) is 0 Å². The van der Waals surface area contributed by atoms with Crippen LogP contribution in [0, 0.1) is 0 Å². The average Bonchev–Trinajstić information content (AvgIpc) is 3.06. The van der Waals surface area contributed by atoms with E-state index in [2.05, 4.69) is 5.32 Å². The molecule has 1 N–H and O–H groups in total. The molecule has 2 amide bonds. The van der Waals surface area contributed by atoms with Crippen molar-refractivity contribution in [1.29, 1.82) is 0 Å². The highest BCUT2D eigenvalue weighted by Gasteiger charge is 2.18. The fourth-order valence-electron chi connectivity index (χ4n) is 2.49. The van der Waals surface area contributed by atoms with Gasteiger partial charge in [-0.1, -0.05) is 29.8 Å². The quantitative estimate of drug-likeness (QED) is 0.890. The van der Waals surface area contributed by atoms with E-state index in [0.29, 0.717) is 28.8 Å². The van der Waals surface area contributed by atoms with Crippen molar-refractivity contribution < 1.29 is 19.1 Å². The first-order valence-corrected chi connectivity index (χ1v) is 8.10. The third-order valence-corrected chi connectivity index (χ3v) is 4.07. The molecular weight excluding hydrogens is 344 g/mol. The molecule has 2 aromatic rings. The van der Waals surface area contributed by atoms with Crippen LogP contribution in [-0.4, -0.2) is 25.2 Å². The Morgan fingerprint density at radius 3 is 2.68 bits per heavy atom. The standard InChI is InChI=1S/C18H17ClN2O4/c1-12(22)21(15-5-3-2-4-14(15)19)10-18(23)20-9-13-6-7-16-17(8-13)25-11-24-16/h2-8H,9-11H2,1H3,(H,20,23). The number of ether oxygens (including phenoxy) is 2. The minimum absolute atomic E-state index is 0.108. The summed E-state index contributed by atoms with van der Waals surface area (Å²) in [6, 6.07) is 12.4. The van der Waals surface area contributed by atoms with E-state index in [9.17, 15) is 9.59 Å². The number of carbonyl (C=O) groups excluding carboxylic acids is 2. The monoisotopic (exact) mass is 360 g/mol. The zero-order chi connectivity index (χ0) is 17.8. The van der Waals surface area contributed by atoms with Crippen molar-refractivity contribution in [2.45, 2.75) is 13.5 Å². The van der Waals surface area contributed by atoms with Gasteiger partial charge >= 0.3 is 0 Å². The normalized spacial score (nSPS) is 11.9. The van der Waals surface area contributed by atoms with Gasteiger partial charge in [0.15, 0.2) is 11.5 Å². The van der Waals surface area contributed by atoms with Crippen molar-refractivity contribution in [3.8, 4) is 11.5 Å². The van der Waals surface area contributed by atoms with Crippen LogP contribution in [0.1, 0.15) is 12.5 Å². The van der Waals surface area contributed by atoms with E-state index in [4.69, 9.17) is 21.1 Å². The van der Waals surface area contributed by atoms with Gasteiger partial charge in [-0.2, -0.15) is 0 Å². The number of benzene rings is 2. The van der Waals surface area contributed by atoms with Gasteiger partial charge in [0.25, 0.3) is 0 Å². The molecule has 1 aliphatic heterocycles. The van der Waals surface area contributed by atoms with Gasteiger partial charge in [0, 0.05) is 13.5 Å².